The third kappa shape index (κ3) is 4.42. The van der Waals surface area contributed by atoms with Crippen molar-refractivity contribution in [2.75, 3.05) is 48.7 Å². The van der Waals surface area contributed by atoms with Crippen LogP contribution in [0.15, 0.2) is 30.5 Å². The van der Waals surface area contributed by atoms with Gasteiger partial charge in [-0.3, -0.25) is 9.58 Å². The number of nitrogens with one attached hydrogen (secondary N) is 1. The lowest BCUT2D eigenvalue weighted by atomic mass is 10.1. The molecule has 3 heterocycles. The smallest absolute Gasteiger partial charge is 0.226 e. The van der Waals surface area contributed by atoms with Crippen LogP contribution in [0.4, 0.5) is 17.5 Å². The van der Waals surface area contributed by atoms with Gasteiger partial charge in [0.1, 0.15) is 5.82 Å². The summed E-state index contributed by atoms with van der Waals surface area (Å²) >= 11 is 0. The second kappa shape index (κ2) is 8.24. The zero-order valence-corrected chi connectivity index (χ0v) is 17.5. The van der Waals surface area contributed by atoms with E-state index >= 15 is 0 Å². The number of nitrogens with two attached hydrogens (primary N) is 1. The van der Waals surface area contributed by atoms with E-state index in [1.54, 1.807) is 10.9 Å². The molecule has 154 valence electrons. The maximum absolute atomic E-state index is 6.05. The summed E-state index contributed by atoms with van der Waals surface area (Å²) in [6.07, 6.45) is 2.73. The zero-order valence-electron chi connectivity index (χ0n) is 17.5. The van der Waals surface area contributed by atoms with E-state index in [1.165, 1.54) is 11.3 Å². The van der Waals surface area contributed by atoms with Gasteiger partial charge in [-0.2, -0.15) is 15.1 Å². The van der Waals surface area contributed by atoms with Crippen LogP contribution < -0.4 is 16.0 Å². The summed E-state index contributed by atoms with van der Waals surface area (Å²) in [7, 11) is 1.86. The van der Waals surface area contributed by atoms with E-state index in [1.807, 2.05) is 7.05 Å². The van der Waals surface area contributed by atoms with Gasteiger partial charge in [0.25, 0.3) is 0 Å². The fraction of sp³-hybridized carbons (Fsp3) is 0.476. The number of aromatic nitrogens is 4. The molecule has 1 atom stereocenters. The zero-order chi connectivity index (χ0) is 20.4. The number of nitrogens with zero attached hydrogens (tertiary/aromatic N) is 6. The maximum atomic E-state index is 6.05. The summed E-state index contributed by atoms with van der Waals surface area (Å²) in [5.41, 5.74) is 9.45. The van der Waals surface area contributed by atoms with Crippen LogP contribution in [0.5, 0.6) is 0 Å². The van der Waals surface area contributed by atoms with Gasteiger partial charge in [0.05, 0.1) is 11.6 Å². The van der Waals surface area contributed by atoms with Gasteiger partial charge in [0.15, 0.2) is 5.65 Å². The SMILES string of the molecule is Cc1cccc(N2CCN(CCC(C)Nc3nc(N)c4cnn(C)c4n3)CC2)c1. The Bertz CT molecular complexity index is 974. The topological polar surface area (TPSA) is 88.1 Å². The van der Waals surface area contributed by atoms with Crippen molar-refractivity contribution < 1.29 is 0 Å². The van der Waals surface area contributed by atoms with Gasteiger partial charge in [-0.1, -0.05) is 12.1 Å². The summed E-state index contributed by atoms with van der Waals surface area (Å²) < 4.78 is 1.72. The summed E-state index contributed by atoms with van der Waals surface area (Å²) in [6.45, 7) is 9.69. The van der Waals surface area contributed by atoms with E-state index in [0.29, 0.717) is 11.8 Å². The molecule has 0 bridgehead atoms. The van der Waals surface area contributed by atoms with Gasteiger partial charge >= 0.3 is 0 Å². The van der Waals surface area contributed by atoms with E-state index in [4.69, 9.17) is 5.73 Å². The molecule has 3 aromatic rings. The van der Waals surface area contributed by atoms with Crippen molar-refractivity contribution in [2.24, 2.45) is 7.05 Å². The van der Waals surface area contributed by atoms with Gasteiger partial charge in [0.2, 0.25) is 5.95 Å². The molecule has 1 fully saturated rings. The molecule has 8 heteroatoms. The Balaban J connectivity index is 1.27. The highest BCUT2D eigenvalue weighted by Crippen LogP contribution is 2.20. The number of nitrogen functional groups attached to an aromatic ring is 1. The lowest BCUT2D eigenvalue weighted by molar-refractivity contribution is 0.251. The van der Waals surface area contributed by atoms with E-state index in [2.05, 4.69) is 68.3 Å². The molecule has 2 aromatic heterocycles. The first-order valence-electron chi connectivity index (χ1n) is 10.3. The van der Waals surface area contributed by atoms with Gasteiger partial charge in [-0.25, -0.2) is 0 Å². The lowest BCUT2D eigenvalue weighted by Crippen LogP contribution is -2.47. The van der Waals surface area contributed by atoms with Crippen molar-refractivity contribution >= 4 is 28.5 Å². The molecular weight excluding hydrogens is 364 g/mol. The minimum absolute atomic E-state index is 0.259. The Kier molecular flexibility index (Phi) is 5.53. The average molecular weight is 395 g/mol. The van der Waals surface area contributed by atoms with Crippen molar-refractivity contribution in [3.8, 4) is 0 Å². The first-order valence-corrected chi connectivity index (χ1v) is 10.3. The summed E-state index contributed by atoms with van der Waals surface area (Å²) in [4.78, 5) is 13.9. The lowest BCUT2D eigenvalue weighted by Gasteiger charge is -2.36. The predicted molar refractivity (Wildman–Crippen MR) is 118 cm³/mol. The van der Waals surface area contributed by atoms with E-state index in [0.717, 1.165) is 50.2 Å². The minimum Gasteiger partial charge on any atom is -0.383 e. The van der Waals surface area contributed by atoms with Gasteiger partial charge in [-0.05, 0) is 38.0 Å². The highest BCUT2D eigenvalue weighted by molar-refractivity contribution is 5.86. The van der Waals surface area contributed by atoms with Crippen LogP contribution in [0.1, 0.15) is 18.9 Å². The molecule has 1 saturated heterocycles. The van der Waals surface area contributed by atoms with E-state index in [-0.39, 0.29) is 6.04 Å². The van der Waals surface area contributed by atoms with Gasteiger partial charge in [-0.15, -0.1) is 0 Å². The Morgan fingerprint density at radius 2 is 1.97 bits per heavy atom. The molecule has 0 spiro atoms. The number of hydrogen-bond donors (Lipinski definition) is 2. The summed E-state index contributed by atoms with van der Waals surface area (Å²) in [5.74, 6) is 1.03. The largest absolute Gasteiger partial charge is 0.383 e. The molecule has 8 nitrogen and oxygen atoms in total. The molecular formula is C21H30N8. The van der Waals surface area contributed by atoms with Crippen molar-refractivity contribution in [1.82, 2.24) is 24.6 Å². The fourth-order valence-electron chi connectivity index (χ4n) is 3.83. The van der Waals surface area contributed by atoms with Crippen LogP contribution in [0.3, 0.4) is 0 Å². The molecule has 0 radical (unpaired) electrons. The Morgan fingerprint density at radius 3 is 2.72 bits per heavy atom. The first-order chi connectivity index (χ1) is 14.0. The van der Waals surface area contributed by atoms with Crippen LogP contribution in [-0.2, 0) is 7.05 Å². The minimum atomic E-state index is 0.259. The third-order valence-electron chi connectivity index (χ3n) is 5.61. The number of hydrogen-bond acceptors (Lipinski definition) is 7. The Labute approximate surface area is 171 Å². The molecule has 29 heavy (non-hydrogen) atoms. The summed E-state index contributed by atoms with van der Waals surface area (Å²) in [6, 6.07) is 9.03. The monoisotopic (exact) mass is 394 g/mol. The number of rotatable bonds is 6. The maximum Gasteiger partial charge on any atom is 0.226 e. The number of piperazine rings is 1. The molecule has 4 rings (SSSR count). The number of fused-ring (bicyclic) bond motifs is 1. The molecule has 1 aliphatic heterocycles. The molecule has 1 unspecified atom stereocenters. The van der Waals surface area contributed by atoms with Crippen molar-refractivity contribution in [3.05, 3.63) is 36.0 Å². The highest BCUT2D eigenvalue weighted by atomic mass is 15.3. The average Bonchev–Trinajstić information content (AvgIpc) is 3.08. The quantitative estimate of drug-likeness (QED) is 0.663. The summed E-state index contributed by atoms with van der Waals surface area (Å²) in [5, 5.41) is 8.38. The molecule has 1 aromatic carbocycles. The normalized spacial score (nSPS) is 16.3. The number of anilines is 3. The van der Waals surface area contributed by atoms with E-state index in [9.17, 15) is 0 Å². The molecule has 0 aliphatic carbocycles. The Hall–Kier alpha value is -2.87. The molecule has 0 saturated carbocycles. The second-order valence-corrected chi connectivity index (χ2v) is 7.94. The molecule has 1 aliphatic rings. The van der Waals surface area contributed by atoms with Crippen LogP contribution in [-0.4, -0.2) is 63.4 Å². The van der Waals surface area contributed by atoms with Gasteiger partial charge in [0, 0.05) is 51.5 Å². The van der Waals surface area contributed by atoms with Crippen molar-refractivity contribution in [3.63, 3.8) is 0 Å². The third-order valence-corrected chi connectivity index (χ3v) is 5.61. The fourth-order valence-corrected chi connectivity index (χ4v) is 3.83. The molecule has 3 N–H and O–H groups in total. The van der Waals surface area contributed by atoms with Crippen LogP contribution in [0.2, 0.25) is 0 Å². The Morgan fingerprint density at radius 1 is 1.17 bits per heavy atom. The highest BCUT2D eigenvalue weighted by Gasteiger charge is 2.18. The van der Waals surface area contributed by atoms with Crippen LogP contribution in [0, 0.1) is 6.92 Å². The second-order valence-electron chi connectivity index (χ2n) is 7.94. The molecule has 0 amide bonds. The van der Waals surface area contributed by atoms with E-state index < -0.39 is 0 Å². The standard InChI is InChI=1S/C21H30N8/c1-15-5-4-6-17(13-15)29-11-9-28(10-12-29)8-7-16(2)24-21-25-19(22)18-14-23-27(3)20(18)26-21/h4-6,13-14,16H,7-12H2,1-3H3,(H3,22,24,25,26). The predicted octanol–water partition coefficient (Wildman–Crippen LogP) is 2.27. The number of aryl methyl sites for hydroxylation is 2. The van der Waals surface area contributed by atoms with Crippen LogP contribution in [0.25, 0.3) is 11.0 Å². The first kappa shape index (κ1) is 19.4. The van der Waals surface area contributed by atoms with Crippen LogP contribution >= 0.6 is 0 Å². The number of benzene rings is 1. The van der Waals surface area contributed by atoms with Crippen molar-refractivity contribution in [2.45, 2.75) is 26.3 Å². The van der Waals surface area contributed by atoms with Crippen molar-refractivity contribution in [1.29, 1.82) is 0 Å². The van der Waals surface area contributed by atoms with Gasteiger partial charge < -0.3 is 16.0 Å².